The number of likely N-dealkylation sites (tertiary alicyclic amines) is 1. The Labute approximate surface area is 187 Å². The van der Waals surface area contributed by atoms with Crippen molar-refractivity contribution >= 4 is 11.7 Å². The van der Waals surface area contributed by atoms with Gasteiger partial charge in [0.25, 0.3) is 5.91 Å². The highest BCUT2D eigenvalue weighted by molar-refractivity contribution is 5.88. The van der Waals surface area contributed by atoms with Crippen LogP contribution in [0.15, 0.2) is 36.9 Å². The fourth-order valence-electron chi connectivity index (χ4n) is 5.88. The molecule has 4 heterocycles. The number of pyridine rings is 1. The summed E-state index contributed by atoms with van der Waals surface area (Å²) in [6.07, 6.45) is 11.3. The maximum Gasteiger partial charge on any atom is 0.260 e. The van der Waals surface area contributed by atoms with Crippen LogP contribution in [0, 0.1) is 5.41 Å². The molecule has 1 amide bonds. The van der Waals surface area contributed by atoms with Crippen LogP contribution in [0.2, 0.25) is 0 Å². The summed E-state index contributed by atoms with van der Waals surface area (Å²) in [4.78, 5) is 32.3. The Balaban J connectivity index is 1.06. The minimum atomic E-state index is -1.52. The molecule has 2 aliphatic heterocycles. The van der Waals surface area contributed by atoms with Crippen LogP contribution >= 0.6 is 0 Å². The second kappa shape index (κ2) is 7.47. The first-order chi connectivity index (χ1) is 15.6. The largest absolute Gasteiger partial charge is 0.353 e. The molecule has 2 aromatic rings. The molecule has 2 aliphatic carbocycles. The van der Waals surface area contributed by atoms with E-state index in [1.807, 2.05) is 12.3 Å². The van der Waals surface area contributed by atoms with Crippen LogP contribution < -0.4 is 4.90 Å². The fourth-order valence-corrected chi connectivity index (χ4v) is 5.88. The number of amides is 1. The van der Waals surface area contributed by atoms with E-state index in [0.29, 0.717) is 18.9 Å². The summed E-state index contributed by atoms with van der Waals surface area (Å²) < 4.78 is 14.1. The lowest BCUT2D eigenvalue weighted by Crippen LogP contribution is -2.60. The molecule has 0 N–H and O–H groups in total. The lowest BCUT2D eigenvalue weighted by Gasteiger charge is -2.49. The molecule has 2 saturated heterocycles. The summed E-state index contributed by atoms with van der Waals surface area (Å²) in [6, 6.07) is 4.58. The highest BCUT2D eigenvalue weighted by atomic mass is 19.1. The van der Waals surface area contributed by atoms with Crippen LogP contribution in [0.3, 0.4) is 0 Å². The monoisotopic (exact) mass is 436 g/mol. The summed E-state index contributed by atoms with van der Waals surface area (Å²) in [7, 11) is 0. The van der Waals surface area contributed by atoms with Gasteiger partial charge in [-0.1, -0.05) is 0 Å². The molecule has 0 aromatic carbocycles. The Kier molecular flexibility index (Phi) is 4.68. The topological polar surface area (TPSA) is 65.5 Å². The highest BCUT2D eigenvalue weighted by Gasteiger charge is 2.58. The van der Waals surface area contributed by atoms with Gasteiger partial charge in [-0.15, -0.1) is 0 Å². The second-order valence-corrected chi connectivity index (χ2v) is 10.0. The van der Waals surface area contributed by atoms with Gasteiger partial charge in [0.15, 0.2) is 5.67 Å². The van der Waals surface area contributed by atoms with Crippen molar-refractivity contribution in [3.63, 3.8) is 0 Å². The molecule has 1 atom stereocenters. The molecule has 7 nitrogen and oxygen atoms in total. The van der Waals surface area contributed by atoms with Crippen LogP contribution in [-0.4, -0.2) is 81.6 Å². The average Bonchev–Trinajstić information content (AvgIpc) is 3.41. The van der Waals surface area contributed by atoms with Gasteiger partial charge in [-0.3, -0.25) is 19.7 Å². The highest BCUT2D eigenvalue weighted by Crippen LogP contribution is 2.50. The van der Waals surface area contributed by atoms with E-state index in [1.54, 1.807) is 23.5 Å². The van der Waals surface area contributed by atoms with Crippen LogP contribution in [0.4, 0.5) is 10.2 Å². The number of piperazine rings is 1. The summed E-state index contributed by atoms with van der Waals surface area (Å²) in [5, 5.41) is 0. The number of carbonyl (C=O) groups excluding carboxylic acids is 1. The number of anilines is 1. The van der Waals surface area contributed by atoms with E-state index in [9.17, 15) is 9.18 Å². The van der Waals surface area contributed by atoms with Crippen molar-refractivity contribution in [3.8, 4) is 11.3 Å². The molecule has 168 valence electrons. The van der Waals surface area contributed by atoms with Crippen molar-refractivity contribution in [3.05, 3.63) is 36.9 Å². The molecule has 0 bridgehead atoms. The van der Waals surface area contributed by atoms with Gasteiger partial charge in [0.1, 0.15) is 5.82 Å². The Morgan fingerprint density at radius 3 is 2.56 bits per heavy atom. The standard InChI is InChI=1S/C24H29FN6O/c25-24(5-6-24)22(32)31-16-23(17-31)4-3-18(14-23)29-10-12-30(13-11-29)21-19(2-1-7-28-21)20-15-26-8-9-27-20/h1-2,7-9,15,18H,3-6,10-14,16-17H2/t18-/m1/s1. The first-order valence-electron chi connectivity index (χ1n) is 11.7. The van der Waals surface area contributed by atoms with E-state index >= 15 is 0 Å². The van der Waals surface area contributed by atoms with E-state index in [2.05, 4.69) is 30.8 Å². The molecular weight excluding hydrogens is 407 g/mol. The SMILES string of the molecule is O=C(N1CC2(CC[C@@H](N3CCN(c4ncccc4-c4cnccn4)CC3)C2)C1)C1(F)CC1. The van der Waals surface area contributed by atoms with Crippen molar-refractivity contribution in [1.82, 2.24) is 24.8 Å². The quantitative estimate of drug-likeness (QED) is 0.734. The minimum absolute atomic E-state index is 0.225. The van der Waals surface area contributed by atoms with Crippen LogP contribution in [-0.2, 0) is 4.79 Å². The second-order valence-electron chi connectivity index (χ2n) is 10.0. The number of carbonyl (C=O) groups is 1. The predicted octanol–water partition coefficient (Wildman–Crippen LogP) is 2.54. The number of hydrogen-bond donors (Lipinski definition) is 0. The summed E-state index contributed by atoms with van der Waals surface area (Å²) >= 11 is 0. The van der Waals surface area contributed by atoms with Gasteiger partial charge in [-0.05, 0) is 44.2 Å². The Hall–Kier alpha value is -2.61. The molecule has 8 heteroatoms. The van der Waals surface area contributed by atoms with Gasteiger partial charge in [0, 0.05) is 74.9 Å². The van der Waals surface area contributed by atoms with E-state index in [-0.39, 0.29) is 11.3 Å². The van der Waals surface area contributed by atoms with Gasteiger partial charge >= 0.3 is 0 Å². The van der Waals surface area contributed by atoms with Gasteiger partial charge in [-0.2, -0.15) is 0 Å². The molecule has 1 spiro atoms. The van der Waals surface area contributed by atoms with Crippen LogP contribution in [0.1, 0.15) is 32.1 Å². The molecule has 2 saturated carbocycles. The summed E-state index contributed by atoms with van der Waals surface area (Å²) in [6.45, 7) is 5.39. The molecular formula is C24H29FN6O. The minimum Gasteiger partial charge on any atom is -0.353 e. The van der Waals surface area contributed by atoms with Crippen LogP contribution in [0.5, 0.6) is 0 Å². The van der Waals surface area contributed by atoms with Crippen molar-refractivity contribution in [2.75, 3.05) is 44.2 Å². The first kappa shape index (κ1) is 20.0. The van der Waals surface area contributed by atoms with E-state index in [4.69, 9.17) is 0 Å². The third kappa shape index (κ3) is 3.45. The third-order valence-corrected chi connectivity index (χ3v) is 7.84. The number of nitrogens with zero attached hydrogens (tertiary/aromatic N) is 6. The molecule has 4 aliphatic rings. The number of alkyl halides is 1. The van der Waals surface area contributed by atoms with Gasteiger partial charge in [0.2, 0.25) is 0 Å². The zero-order chi connectivity index (χ0) is 21.8. The Morgan fingerprint density at radius 1 is 1.03 bits per heavy atom. The smallest absolute Gasteiger partial charge is 0.260 e. The normalized spacial score (nSPS) is 26.2. The van der Waals surface area contributed by atoms with Crippen LogP contribution in [0.25, 0.3) is 11.3 Å². The van der Waals surface area contributed by atoms with Crippen molar-refractivity contribution in [2.45, 2.75) is 43.8 Å². The van der Waals surface area contributed by atoms with Gasteiger partial charge < -0.3 is 9.80 Å². The maximum atomic E-state index is 14.1. The Bertz CT molecular complexity index is 999. The number of halogens is 1. The summed E-state index contributed by atoms with van der Waals surface area (Å²) in [5.74, 6) is 0.721. The molecule has 2 aromatic heterocycles. The van der Waals surface area contributed by atoms with E-state index in [1.165, 1.54) is 6.42 Å². The number of hydrogen-bond acceptors (Lipinski definition) is 6. The number of aromatic nitrogens is 3. The Morgan fingerprint density at radius 2 is 1.84 bits per heavy atom. The lowest BCUT2D eigenvalue weighted by atomic mass is 9.77. The predicted molar refractivity (Wildman–Crippen MR) is 119 cm³/mol. The fraction of sp³-hybridized carbons (Fsp3) is 0.583. The van der Waals surface area contributed by atoms with Crippen molar-refractivity contribution in [2.24, 2.45) is 5.41 Å². The zero-order valence-electron chi connectivity index (χ0n) is 18.3. The molecule has 0 radical (unpaired) electrons. The molecule has 32 heavy (non-hydrogen) atoms. The zero-order valence-corrected chi connectivity index (χ0v) is 18.3. The molecule has 4 fully saturated rings. The first-order valence-corrected chi connectivity index (χ1v) is 11.7. The maximum absolute atomic E-state index is 14.1. The van der Waals surface area contributed by atoms with Gasteiger partial charge in [0.05, 0.1) is 11.9 Å². The lowest BCUT2D eigenvalue weighted by molar-refractivity contribution is -0.150. The molecule has 6 rings (SSSR count). The van der Waals surface area contributed by atoms with Crippen molar-refractivity contribution in [1.29, 1.82) is 0 Å². The van der Waals surface area contributed by atoms with Gasteiger partial charge in [-0.25, -0.2) is 9.37 Å². The van der Waals surface area contributed by atoms with E-state index < -0.39 is 5.67 Å². The molecule has 0 unspecified atom stereocenters. The van der Waals surface area contributed by atoms with Crippen molar-refractivity contribution < 1.29 is 9.18 Å². The summed E-state index contributed by atoms with van der Waals surface area (Å²) in [5.41, 5.74) is 0.574. The van der Waals surface area contributed by atoms with E-state index in [0.717, 1.165) is 69.2 Å². The number of rotatable bonds is 4. The average molecular weight is 437 g/mol. The third-order valence-electron chi connectivity index (χ3n) is 7.84.